The fraction of sp³-hybridized carbons (Fsp3) is 0.273. The Morgan fingerprint density at radius 2 is 1.66 bits per heavy atom. The number of benzene rings is 4. The molecule has 0 radical (unpaired) electrons. The van der Waals surface area contributed by atoms with Crippen LogP contribution in [0.3, 0.4) is 0 Å². The Kier molecular flexibility index (Phi) is 9.07. The van der Waals surface area contributed by atoms with Gasteiger partial charge in [-0.05, 0) is 42.6 Å². The maximum atomic E-state index is 13.8. The van der Waals surface area contributed by atoms with Crippen molar-refractivity contribution in [1.29, 1.82) is 0 Å². The normalized spacial score (nSPS) is 17.5. The number of hydrogen-bond acceptors (Lipinski definition) is 6. The van der Waals surface area contributed by atoms with E-state index >= 15 is 0 Å². The van der Waals surface area contributed by atoms with Crippen LogP contribution in [0.4, 0.5) is 16.2 Å². The zero-order valence-corrected chi connectivity index (χ0v) is 25.6. The van der Waals surface area contributed by atoms with E-state index in [-0.39, 0.29) is 53.5 Å². The molecule has 1 heterocycles. The molecule has 3 amide bonds. The second-order valence-corrected chi connectivity index (χ2v) is 12.7. The van der Waals surface area contributed by atoms with Crippen molar-refractivity contribution in [1.82, 2.24) is 9.80 Å². The van der Waals surface area contributed by atoms with Crippen LogP contribution in [0.25, 0.3) is 10.8 Å². The Hall–Kier alpha value is -4.61. The number of nitrogens with one attached hydrogen (secondary N) is 2. The predicted octanol–water partition coefficient (Wildman–Crippen LogP) is 5.02. The van der Waals surface area contributed by atoms with Gasteiger partial charge in [0.05, 0.1) is 41.0 Å². The average Bonchev–Trinajstić information content (AvgIpc) is 3.03. The minimum absolute atomic E-state index is 0.0556. The highest BCUT2D eigenvalue weighted by atomic mass is 32.2. The van der Waals surface area contributed by atoms with E-state index in [1.165, 1.54) is 23.1 Å². The number of rotatable bonds is 8. The standard InChI is InChI=1S/C33H36N4O6S/c1-22-19-37(23(2)21-38)32(39)27-16-10-18-29(35-44(41,42)25-13-5-4-6-14-25)31(27)43-30(22)20-36(3)33(40)34-28-17-9-12-24-11-7-8-15-26(24)28/h4-18,22-23,30,35,38H,19-21H2,1-3H3,(H,34,40)/t22-,23-,30+/m0/s1. The summed E-state index contributed by atoms with van der Waals surface area (Å²) in [5.41, 5.74) is 0.916. The molecule has 11 heteroatoms. The maximum Gasteiger partial charge on any atom is 0.321 e. The quantitative estimate of drug-likeness (QED) is 0.255. The number of aliphatic hydroxyl groups is 1. The van der Waals surface area contributed by atoms with E-state index in [4.69, 9.17) is 4.74 Å². The lowest BCUT2D eigenvalue weighted by Crippen LogP contribution is -2.50. The van der Waals surface area contributed by atoms with Crippen molar-refractivity contribution in [3.05, 3.63) is 96.6 Å². The summed E-state index contributed by atoms with van der Waals surface area (Å²) >= 11 is 0. The lowest BCUT2D eigenvalue weighted by Gasteiger charge is -2.38. The van der Waals surface area contributed by atoms with Crippen LogP contribution in [0.15, 0.2) is 95.9 Å². The van der Waals surface area contributed by atoms with E-state index in [1.807, 2.05) is 49.4 Å². The molecule has 10 nitrogen and oxygen atoms in total. The summed E-state index contributed by atoms with van der Waals surface area (Å²) in [5.74, 6) is -0.631. The average molecular weight is 617 g/mol. The van der Waals surface area contributed by atoms with E-state index in [0.29, 0.717) is 5.69 Å². The van der Waals surface area contributed by atoms with E-state index < -0.39 is 28.1 Å². The van der Waals surface area contributed by atoms with Gasteiger partial charge >= 0.3 is 6.03 Å². The summed E-state index contributed by atoms with van der Waals surface area (Å²) in [5, 5.41) is 14.8. The van der Waals surface area contributed by atoms with Crippen molar-refractivity contribution in [2.75, 3.05) is 36.8 Å². The molecule has 0 aliphatic carbocycles. The first-order chi connectivity index (χ1) is 21.1. The summed E-state index contributed by atoms with van der Waals surface area (Å²) in [4.78, 5) is 30.3. The van der Waals surface area contributed by atoms with Crippen LogP contribution < -0.4 is 14.8 Å². The number of fused-ring (bicyclic) bond motifs is 2. The molecule has 3 N–H and O–H groups in total. The van der Waals surface area contributed by atoms with Crippen LogP contribution in [-0.2, 0) is 10.0 Å². The zero-order valence-electron chi connectivity index (χ0n) is 24.8. The monoisotopic (exact) mass is 616 g/mol. The Labute approximate surface area is 257 Å². The van der Waals surface area contributed by atoms with Gasteiger partial charge in [-0.3, -0.25) is 9.52 Å². The molecule has 3 atom stereocenters. The van der Waals surface area contributed by atoms with Gasteiger partial charge in [0.15, 0.2) is 5.75 Å². The number of para-hydroxylation sites is 1. The minimum atomic E-state index is -4.01. The molecule has 0 aromatic heterocycles. The van der Waals surface area contributed by atoms with E-state index in [1.54, 1.807) is 49.2 Å². The van der Waals surface area contributed by atoms with Gasteiger partial charge in [-0.15, -0.1) is 0 Å². The van der Waals surface area contributed by atoms with Gasteiger partial charge in [0.1, 0.15) is 6.10 Å². The molecule has 0 bridgehead atoms. The first-order valence-corrected chi connectivity index (χ1v) is 15.9. The molecule has 1 aliphatic heterocycles. The topological polar surface area (TPSA) is 128 Å². The van der Waals surface area contributed by atoms with Gasteiger partial charge < -0.3 is 25.0 Å². The van der Waals surface area contributed by atoms with Gasteiger partial charge in [-0.1, -0.05) is 67.6 Å². The van der Waals surface area contributed by atoms with E-state index in [2.05, 4.69) is 10.0 Å². The summed E-state index contributed by atoms with van der Waals surface area (Å²) in [6.07, 6.45) is -0.638. The van der Waals surface area contributed by atoms with Gasteiger partial charge in [-0.2, -0.15) is 0 Å². The van der Waals surface area contributed by atoms with Crippen molar-refractivity contribution < 1.29 is 27.9 Å². The first-order valence-electron chi connectivity index (χ1n) is 14.4. The number of carbonyl (C=O) groups is 2. The lowest BCUT2D eigenvalue weighted by molar-refractivity contribution is 0.0373. The van der Waals surface area contributed by atoms with Gasteiger partial charge in [0, 0.05) is 24.9 Å². The number of nitrogens with zero attached hydrogens (tertiary/aromatic N) is 2. The fourth-order valence-corrected chi connectivity index (χ4v) is 6.33. The smallest absolute Gasteiger partial charge is 0.321 e. The maximum absolute atomic E-state index is 13.8. The number of urea groups is 1. The highest BCUT2D eigenvalue weighted by Crippen LogP contribution is 2.36. The van der Waals surface area contributed by atoms with Crippen LogP contribution in [0.1, 0.15) is 24.2 Å². The summed E-state index contributed by atoms with van der Waals surface area (Å²) in [6.45, 7) is 3.77. The molecular weight excluding hydrogens is 580 g/mol. The Morgan fingerprint density at radius 3 is 2.41 bits per heavy atom. The third-order valence-corrected chi connectivity index (χ3v) is 9.20. The molecule has 0 unspecified atom stereocenters. The third kappa shape index (κ3) is 6.48. The van der Waals surface area contributed by atoms with Crippen molar-refractivity contribution in [3.8, 4) is 5.75 Å². The molecule has 1 aliphatic rings. The number of anilines is 2. The van der Waals surface area contributed by atoms with Crippen molar-refractivity contribution >= 4 is 44.1 Å². The van der Waals surface area contributed by atoms with E-state index in [0.717, 1.165) is 10.8 Å². The molecule has 230 valence electrons. The third-order valence-electron chi connectivity index (χ3n) is 7.82. The number of amides is 3. The summed E-state index contributed by atoms with van der Waals surface area (Å²) in [7, 11) is -2.36. The summed E-state index contributed by atoms with van der Waals surface area (Å²) in [6, 6.07) is 25.2. The van der Waals surface area contributed by atoms with Crippen LogP contribution in [0, 0.1) is 5.92 Å². The largest absolute Gasteiger partial charge is 0.485 e. The van der Waals surface area contributed by atoms with Crippen LogP contribution in [0.2, 0.25) is 0 Å². The lowest BCUT2D eigenvalue weighted by atomic mass is 9.99. The molecule has 0 spiro atoms. The number of likely N-dealkylation sites (N-methyl/N-ethyl adjacent to an activating group) is 1. The molecular formula is C33H36N4O6S. The predicted molar refractivity (Wildman–Crippen MR) is 170 cm³/mol. The molecule has 0 saturated carbocycles. The van der Waals surface area contributed by atoms with Crippen molar-refractivity contribution in [2.24, 2.45) is 5.92 Å². The molecule has 5 rings (SSSR count). The van der Waals surface area contributed by atoms with Gasteiger partial charge in [-0.25, -0.2) is 13.2 Å². The number of aliphatic hydroxyl groups excluding tert-OH is 1. The van der Waals surface area contributed by atoms with Crippen LogP contribution in [0.5, 0.6) is 5.75 Å². The van der Waals surface area contributed by atoms with E-state index in [9.17, 15) is 23.1 Å². The zero-order chi connectivity index (χ0) is 31.4. The molecule has 4 aromatic carbocycles. The fourth-order valence-electron chi connectivity index (χ4n) is 5.24. The second-order valence-electron chi connectivity index (χ2n) is 11.1. The molecule has 0 saturated heterocycles. The second kappa shape index (κ2) is 12.9. The minimum Gasteiger partial charge on any atom is -0.485 e. The first kappa shape index (κ1) is 30.8. The van der Waals surface area contributed by atoms with Crippen LogP contribution >= 0.6 is 0 Å². The van der Waals surface area contributed by atoms with Gasteiger partial charge in [0.25, 0.3) is 15.9 Å². The number of sulfonamides is 1. The highest BCUT2D eigenvalue weighted by molar-refractivity contribution is 7.92. The number of ether oxygens (including phenoxy) is 1. The summed E-state index contributed by atoms with van der Waals surface area (Å²) < 4.78 is 35.6. The molecule has 44 heavy (non-hydrogen) atoms. The Bertz CT molecular complexity index is 1760. The van der Waals surface area contributed by atoms with Crippen molar-refractivity contribution in [3.63, 3.8) is 0 Å². The Morgan fingerprint density at radius 1 is 1.00 bits per heavy atom. The van der Waals surface area contributed by atoms with Crippen LogP contribution in [-0.4, -0.2) is 74.2 Å². The van der Waals surface area contributed by atoms with Crippen molar-refractivity contribution in [2.45, 2.75) is 30.9 Å². The van der Waals surface area contributed by atoms with Gasteiger partial charge in [0.2, 0.25) is 0 Å². The highest BCUT2D eigenvalue weighted by Gasteiger charge is 2.35. The SMILES string of the molecule is C[C@H]1CN([C@@H](C)CO)C(=O)c2cccc(NS(=O)(=O)c3ccccc3)c2O[C@@H]1CN(C)C(=O)Nc1cccc2ccccc12. The number of carbonyl (C=O) groups excluding carboxylic acids is 2. The number of hydrogen-bond donors (Lipinski definition) is 3. The molecule has 4 aromatic rings. The molecule has 0 fully saturated rings. The Balaban J connectivity index is 1.47.